The molecular formula is C8H17N. The zero-order valence-electron chi connectivity index (χ0n) is 6.54. The number of hydrogen-bond acceptors (Lipinski definition) is 1. The lowest BCUT2D eigenvalue weighted by atomic mass is 10.2. The van der Waals surface area contributed by atoms with Crippen LogP contribution in [0.3, 0.4) is 0 Å². The first-order chi connectivity index (χ1) is 4.27. The molecule has 1 N–H and O–H groups in total. The van der Waals surface area contributed by atoms with Crippen molar-refractivity contribution >= 4 is 0 Å². The lowest BCUT2D eigenvalue weighted by molar-refractivity contribution is 0.670. The normalized spacial score (nSPS) is 9.56. The van der Waals surface area contributed by atoms with E-state index in [0.717, 1.165) is 19.5 Å². The molecule has 0 atom stereocenters. The van der Waals surface area contributed by atoms with Gasteiger partial charge in [0.25, 0.3) is 0 Å². The zero-order valence-corrected chi connectivity index (χ0v) is 6.54. The van der Waals surface area contributed by atoms with Crippen LogP contribution in [0.15, 0.2) is 12.2 Å². The molecule has 0 fully saturated rings. The van der Waals surface area contributed by atoms with Crippen molar-refractivity contribution in [3.8, 4) is 0 Å². The summed E-state index contributed by atoms with van der Waals surface area (Å²) in [6.45, 7) is 10.3. The third kappa shape index (κ3) is 7.70. The van der Waals surface area contributed by atoms with Crippen molar-refractivity contribution < 1.29 is 0 Å². The van der Waals surface area contributed by atoms with Crippen LogP contribution in [-0.2, 0) is 0 Å². The van der Waals surface area contributed by atoms with Crippen LogP contribution in [0.4, 0.5) is 0 Å². The van der Waals surface area contributed by atoms with E-state index >= 15 is 0 Å². The van der Waals surface area contributed by atoms with Gasteiger partial charge in [-0.25, -0.2) is 0 Å². The van der Waals surface area contributed by atoms with Gasteiger partial charge in [0.2, 0.25) is 0 Å². The summed E-state index contributed by atoms with van der Waals surface area (Å²) in [4.78, 5) is 0. The van der Waals surface area contributed by atoms with Crippen LogP contribution in [0.5, 0.6) is 0 Å². The molecule has 0 saturated heterocycles. The van der Waals surface area contributed by atoms with Crippen LogP contribution >= 0.6 is 0 Å². The molecule has 1 nitrogen and oxygen atoms in total. The molecular weight excluding hydrogens is 110 g/mol. The van der Waals surface area contributed by atoms with Gasteiger partial charge < -0.3 is 5.32 Å². The molecule has 0 aliphatic heterocycles. The molecule has 0 radical (unpaired) electrons. The standard InChI is InChI=1S/C8H17N/c1-4-6-9-7-5-8(2)3/h9H,2,4-7H2,1,3H3. The van der Waals surface area contributed by atoms with Crippen molar-refractivity contribution in [1.82, 2.24) is 5.32 Å². The summed E-state index contributed by atoms with van der Waals surface area (Å²) in [5.41, 5.74) is 1.26. The van der Waals surface area contributed by atoms with E-state index in [2.05, 4.69) is 25.7 Å². The maximum atomic E-state index is 3.81. The summed E-state index contributed by atoms with van der Waals surface area (Å²) in [5.74, 6) is 0. The Balaban J connectivity index is 2.83. The van der Waals surface area contributed by atoms with E-state index in [0.29, 0.717) is 0 Å². The third-order valence-corrected chi connectivity index (χ3v) is 1.16. The largest absolute Gasteiger partial charge is 0.316 e. The van der Waals surface area contributed by atoms with Crippen LogP contribution < -0.4 is 5.32 Å². The highest BCUT2D eigenvalue weighted by Crippen LogP contribution is 1.91. The minimum atomic E-state index is 1.09. The number of hydrogen-bond donors (Lipinski definition) is 1. The highest BCUT2D eigenvalue weighted by molar-refractivity contribution is 4.87. The molecule has 0 aliphatic carbocycles. The number of nitrogens with one attached hydrogen (secondary N) is 1. The maximum absolute atomic E-state index is 3.81. The van der Waals surface area contributed by atoms with Gasteiger partial charge in [0.15, 0.2) is 0 Å². The first-order valence-electron chi connectivity index (χ1n) is 3.62. The second-order valence-corrected chi connectivity index (χ2v) is 2.46. The molecule has 0 unspecified atom stereocenters. The fourth-order valence-corrected chi connectivity index (χ4v) is 0.604. The predicted molar refractivity (Wildman–Crippen MR) is 42.6 cm³/mol. The fourth-order valence-electron chi connectivity index (χ4n) is 0.604. The summed E-state index contributed by atoms with van der Waals surface area (Å²) < 4.78 is 0. The molecule has 0 heterocycles. The third-order valence-electron chi connectivity index (χ3n) is 1.16. The lowest BCUT2D eigenvalue weighted by Gasteiger charge is -2.00. The smallest absolute Gasteiger partial charge is 0.00118 e. The topological polar surface area (TPSA) is 12.0 Å². The summed E-state index contributed by atoms with van der Waals surface area (Å²) in [6, 6.07) is 0. The monoisotopic (exact) mass is 127 g/mol. The van der Waals surface area contributed by atoms with Gasteiger partial charge in [-0.2, -0.15) is 0 Å². The van der Waals surface area contributed by atoms with Crippen LogP contribution in [-0.4, -0.2) is 13.1 Å². The van der Waals surface area contributed by atoms with Gasteiger partial charge in [-0.15, -0.1) is 6.58 Å². The summed E-state index contributed by atoms with van der Waals surface area (Å²) >= 11 is 0. The van der Waals surface area contributed by atoms with Crippen LogP contribution in [0, 0.1) is 0 Å². The van der Waals surface area contributed by atoms with Crippen molar-refractivity contribution in [1.29, 1.82) is 0 Å². The molecule has 0 aromatic rings. The van der Waals surface area contributed by atoms with Crippen molar-refractivity contribution in [2.24, 2.45) is 0 Å². The Morgan fingerprint density at radius 1 is 1.44 bits per heavy atom. The average molecular weight is 127 g/mol. The SMILES string of the molecule is C=C(C)CCNCCC. The molecule has 0 aromatic carbocycles. The molecule has 0 spiro atoms. The molecule has 0 bridgehead atoms. The molecule has 0 saturated carbocycles. The molecule has 1 heteroatoms. The molecule has 54 valence electrons. The Bertz CT molecular complexity index is 76.6. The Kier molecular flexibility index (Phi) is 5.64. The summed E-state index contributed by atoms with van der Waals surface area (Å²) in [6.07, 6.45) is 2.33. The zero-order chi connectivity index (χ0) is 7.11. The molecule has 0 rings (SSSR count). The van der Waals surface area contributed by atoms with Gasteiger partial charge in [0, 0.05) is 0 Å². The highest BCUT2D eigenvalue weighted by atomic mass is 14.8. The van der Waals surface area contributed by atoms with Gasteiger partial charge in [0.05, 0.1) is 0 Å². The Morgan fingerprint density at radius 2 is 2.11 bits per heavy atom. The second-order valence-electron chi connectivity index (χ2n) is 2.46. The van der Waals surface area contributed by atoms with Crippen LogP contribution in [0.25, 0.3) is 0 Å². The quantitative estimate of drug-likeness (QED) is 0.439. The molecule has 0 aromatic heterocycles. The Morgan fingerprint density at radius 3 is 2.56 bits per heavy atom. The predicted octanol–water partition coefficient (Wildman–Crippen LogP) is 1.95. The van der Waals surface area contributed by atoms with E-state index in [1.807, 2.05) is 0 Å². The summed E-state index contributed by atoms with van der Waals surface area (Å²) in [7, 11) is 0. The van der Waals surface area contributed by atoms with E-state index in [1.54, 1.807) is 0 Å². The van der Waals surface area contributed by atoms with Gasteiger partial charge in [-0.1, -0.05) is 12.5 Å². The summed E-state index contributed by atoms with van der Waals surface area (Å²) in [5, 5.41) is 3.31. The second kappa shape index (κ2) is 5.83. The van der Waals surface area contributed by atoms with Crippen molar-refractivity contribution in [3.63, 3.8) is 0 Å². The first kappa shape index (κ1) is 8.70. The van der Waals surface area contributed by atoms with E-state index in [1.165, 1.54) is 12.0 Å². The molecule has 9 heavy (non-hydrogen) atoms. The van der Waals surface area contributed by atoms with Gasteiger partial charge in [-0.3, -0.25) is 0 Å². The fraction of sp³-hybridized carbons (Fsp3) is 0.750. The van der Waals surface area contributed by atoms with Crippen LogP contribution in [0.2, 0.25) is 0 Å². The minimum Gasteiger partial charge on any atom is -0.316 e. The Labute approximate surface area is 58.2 Å². The molecule has 0 amide bonds. The highest BCUT2D eigenvalue weighted by Gasteiger charge is 1.84. The van der Waals surface area contributed by atoms with E-state index < -0.39 is 0 Å². The van der Waals surface area contributed by atoms with E-state index in [4.69, 9.17) is 0 Å². The lowest BCUT2D eigenvalue weighted by Crippen LogP contribution is -2.15. The average Bonchev–Trinajstić information content (AvgIpc) is 1.80. The number of rotatable bonds is 5. The molecule has 0 aliphatic rings. The van der Waals surface area contributed by atoms with Crippen molar-refractivity contribution in [3.05, 3.63) is 12.2 Å². The van der Waals surface area contributed by atoms with E-state index in [9.17, 15) is 0 Å². The van der Waals surface area contributed by atoms with E-state index in [-0.39, 0.29) is 0 Å². The minimum absolute atomic E-state index is 1.09. The maximum Gasteiger partial charge on any atom is -0.00118 e. The van der Waals surface area contributed by atoms with Crippen molar-refractivity contribution in [2.45, 2.75) is 26.7 Å². The first-order valence-corrected chi connectivity index (χ1v) is 3.62. The van der Waals surface area contributed by atoms with Crippen molar-refractivity contribution in [2.75, 3.05) is 13.1 Å². The Hall–Kier alpha value is -0.300. The van der Waals surface area contributed by atoms with Gasteiger partial charge in [-0.05, 0) is 32.9 Å². The van der Waals surface area contributed by atoms with Crippen LogP contribution in [0.1, 0.15) is 26.7 Å². The van der Waals surface area contributed by atoms with Gasteiger partial charge in [0.1, 0.15) is 0 Å². The van der Waals surface area contributed by atoms with Gasteiger partial charge >= 0.3 is 0 Å².